The molecule has 0 unspecified atom stereocenters. The van der Waals surface area contributed by atoms with Gasteiger partial charge >= 0.3 is 5.97 Å². The number of halogens is 1. The second-order valence-corrected chi connectivity index (χ2v) is 9.10. The predicted molar refractivity (Wildman–Crippen MR) is 132 cm³/mol. The molecule has 4 rings (SSSR count). The van der Waals surface area contributed by atoms with Crippen molar-refractivity contribution in [3.63, 3.8) is 0 Å². The number of ether oxygens (including phenoxy) is 2. The van der Waals surface area contributed by atoms with Crippen molar-refractivity contribution in [2.75, 3.05) is 13.2 Å². The molecule has 1 saturated heterocycles. The highest BCUT2D eigenvalue weighted by Gasteiger charge is 2.37. The number of benzene rings is 3. The summed E-state index contributed by atoms with van der Waals surface area (Å²) in [5.74, 6) is -0.552. The van der Waals surface area contributed by atoms with Gasteiger partial charge in [0.25, 0.3) is 11.1 Å². The standard InChI is InChI=1S/C25H20BrNO5S/c1-2-31-23(28)14-27-24(29)22(33-25(27)30)13-20-19-6-4-3-5-17(19)9-12-21(20)32-15-16-7-10-18(26)11-8-16/h3-13H,2,14-15H2,1H3/b22-13+. The Hall–Kier alpha value is -3.10. The molecule has 0 bridgehead atoms. The summed E-state index contributed by atoms with van der Waals surface area (Å²) in [5.41, 5.74) is 1.69. The minimum atomic E-state index is -0.621. The van der Waals surface area contributed by atoms with Crippen LogP contribution in [0.25, 0.3) is 16.8 Å². The maximum Gasteiger partial charge on any atom is 0.326 e. The molecule has 1 heterocycles. The number of carbonyl (C=O) groups excluding carboxylic acids is 3. The fourth-order valence-corrected chi connectivity index (χ4v) is 4.48. The molecule has 3 aromatic rings. The maximum atomic E-state index is 12.9. The number of fused-ring (bicyclic) bond motifs is 1. The van der Waals surface area contributed by atoms with Gasteiger partial charge in [-0.2, -0.15) is 0 Å². The zero-order chi connectivity index (χ0) is 23.4. The Labute approximate surface area is 203 Å². The number of nitrogens with zero attached hydrogens (tertiary/aromatic N) is 1. The van der Waals surface area contributed by atoms with E-state index in [0.29, 0.717) is 17.9 Å². The van der Waals surface area contributed by atoms with Crippen LogP contribution in [-0.4, -0.2) is 35.2 Å². The summed E-state index contributed by atoms with van der Waals surface area (Å²) in [5, 5.41) is 1.37. The van der Waals surface area contributed by atoms with Crippen molar-refractivity contribution in [2.45, 2.75) is 13.5 Å². The number of amides is 2. The van der Waals surface area contributed by atoms with E-state index >= 15 is 0 Å². The fraction of sp³-hybridized carbons (Fsp3) is 0.160. The van der Waals surface area contributed by atoms with Crippen molar-refractivity contribution in [2.24, 2.45) is 0 Å². The highest BCUT2D eigenvalue weighted by atomic mass is 79.9. The SMILES string of the molecule is CCOC(=O)CN1C(=O)S/C(=C/c2c(OCc3ccc(Br)cc3)ccc3ccccc23)C1=O. The molecule has 2 amide bonds. The van der Waals surface area contributed by atoms with Gasteiger partial charge < -0.3 is 9.47 Å². The molecule has 168 valence electrons. The van der Waals surface area contributed by atoms with Crippen LogP contribution in [0.4, 0.5) is 4.79 Å². The first-order valence-corrected chi connectivity index (χ1v) is 11.9. The van der Waals surface area contributed by atoms with Gasteiger partial charge in [-0.1, -0.05) is 58.4 Å². The molecule has 1 aliphatic rings. The number of rotatable bonds is 7. The highest BCUT2D eigenvalue weighted by Crippen LogP contribution is 2.37. The Balaban J connectivity index is 1.67. The summed E-state index contributed by atoms with van der Waals surface area (Å²) in [7, 11) is 0. The largest absolute Gasteiger partial charge is 0.488 e. The van der Waals surface area contributed by atoms with Crippen molar-refractivity contribution in [1.29, 1.82) is 0 Å². The van der Waals surface area contributed by atoms with Gasteiger partial charge in [0.05, 0.1) is 11.5 Å². The lowest BCUT2D eigenvalue weighted by Crippen LogP contribution is -2.34. The van der Waals surface area contributed by atoms with Crippen molar-refractivity contribution < 1.29 is 23.9 Å². The van der Waals surface area contributed by atoms with Gasteiger partial charge in [-0.25, -0.2) is 0 Å². The van der Waals surface area contributed by atoms with Crippen LogP contribution in [0.1, 0.15) is 18.1 Å². The van der Waals surface area contributed by atoms with Gasteiger partial charge in [0, 0.05) is 10.0 Å². The van der Waals surface area contributed by atoms with Gasteiger partial charge in [-0.15, -0.1) is 0 Å². The van der Waals surface area contributed by atoms with Crippen molar-refractivity contribution in [3.8, 4) is 5.75 Å². The molecule has 8 heteroatoms. The summed E-state index contributed by atoms with van der Waals surface area (Å²) in [4.78, 5) is 38.2. The molecule has 0 aromatic heterocycles. The molecule has 0 aliphatic carbocycles. The molecule has 3 aromatic carbocycles. The van der Waals surface area contributed by atoms with Gasteiger partial charge in [0.1, 0.15) is 18.9 Å². The number of imide groups is 1. The van der Waals surface area contributed by atoms with Crippen LogP contribution < -0.4 is 4.74 Å². The van der Waals surface area contributed by atoms with Crippen LogP contribution in [0.5, 0.6) is 5.75 Å². The van der Waals surface area contributed by atoms with Gasteiger partial charge in [-0.3, -0.25) is 19.3 Å². The average Bonchev–Trinajstić information content (AvgIpc) is 3.07. The normalized spacial score (nSPS) is 14.8. The zero-order valence-electron chi connectivity index (χ0n) is 17.7. The minimum absolute atomic E-state index is 0.181. The topological polar surface area (TPSA) is 72.9 Å². The highest BCUT2D eigenvalue weighted by molar-refractivity contribution is 9.10. The summed E-state index contributed by atoms with van der Waals surface area (Å²) < 4.78 is 12.0. The first-order valence-electron chi connectivity index (χ1n) is 10.3. The number of esters is 1. The molecule has 0 radical (unpaired) electrons. The molecular formula is C25H20BrNO5S. The van der Waals surface area contributed by atoms with E-state index in [9.17, 15) is 14.4 Å². The molecule has 1 fully saturated rings. The van der Waals surface area contributed by atoms with Gasteiger partial charge in [-0.05, 0) is 59.3 Å². The average molecular weight is 526 g/mol. The van der Waals surface area contributed by atoms with E-state index in [1.54, 1.807) is 13.0 Å². The summed E-state index contributed by atoms with van der Waals surface area (Å²) in [6.07, 6.45) is 1.66. The minimum Gasteiger partial charge on any atom is -0.488 e. The number of thioether (sulfide) groups is 1. The smallest absolute Gasteiger partial charge is 0.326 e. The van der Waals surface area contributed by atoms with Gasteiger partial charge in [0.15, 0.2) is 0 Å². The Morgan fingerprint density at radius 1 is 1.06 bits per heavy atom. The Morgan fingerprint density at radius 2 is 1.82 bits per heavy atom. The first-order chi connectivity index (χ1) is 16.0. The van der Waals surface area contributed by atoms with Crippen molar-refractivity contribution in [3.05, 3.63) is 81.2 Å². The first kappa shape index (κ1) is 23.1. The summed E-state index contributed by atoms with van der Waals surface area (Å²) in [6, 6.07) is 19.4. The zero-order valence-corrected chi connectivity index (χ0v) is 20.1. The molecule has 33 heavy (non-hydrogen) atoms. The van der Waals surface area contributed by atoms with Crippen LogP contribution in [0, 0.1) is 0 Å². The second kappa shape index (κ2) is 10.2. The third-order valence-electron chi connectivity index (χ3n) is 4.98. The third kappa shape index (κ3) is 5.29. The lowest BCUT2D eigenvalue weighted by atomic mass is 10.0. The Kier molecular flexibility index (Phi) is 7.15. The number of hydrogen-bond donors (Lipinski definition) is 0. The molecule has 0 spiro atoms. The lowest BCUT2D eigenvalue weighted by molar-refractivity contribution is -0.145. The Bertz CT molecular complexity index is 1260. The second-order valence-electron chi connectivity index (χ2n) is 7.19. The molecule has 0 atom stereocenters. The van der Waals surface area contributed by atoms with E-state index < -0.39 is 23.7 Å². The predicted octanol–water partition coefficient (Wildman–Crippen LogP) is 5.78. The van der Waals surface area contributed by atoms with Crippen LogP contribution in [0.15, 0.2) is 70.0 Å². The van der Waals surface area contributed by atoms with E-state index in [0.717, 1.165) is 37.5 Å². The van der Waals surface area contributed by atoms with Crippen LogP contribution in [0.3, 0.4) is 0 Å². The van der Waals surface area contributed by atoms with E-state index in [-0.39, 0.29) is 11.5 Å². The van der Waals surface area contributed by atoms with E-state index in [1.165, 1.54) is 0 Å². The molecule has 1 aliphatic heterocycles. The van der Waals surface area contributed by atoms with E-state index in [2.05, 4.69) is 15.9 Å². The molecule has 6 nitrogen and oxygen atoms in total. The Morgan fingerprint density at radius 3 is 2.58 bits per heavy atom. The molecule has 0 N–H and O–H groups in total. The maximum absolute atomic E-state index is 12.9. The number of carbonyl (C=O) groups is 3. The van der Waals surface area contributed by atoms with E-state index in [4.69, 9.17) is 9.47 Å². The van der Waals surface area contributed by atoms with Crippen LogP contribution in [0.2, 0.25) is 0 Å². The van der Waals surface area contributed by atoms with Gasteiger partial charge in [0.2, 0.25) is 0 Å². The monoisotopic (exact) mass is 525 g/mol. The third-order valence-corrected chi connectivity index (χ3v) is 6.42. The number of hydrogen-bond acceptors (Lipinski definition) is 6. The quantitative estimate of drug-likeness (QED) is 0.287. The lowest BCUT2D eigenvalue weighted by Gasteiger charge is -2.13. The van der Waals surface area contributed by atoms with Crippen molar-refractivity contribution >= 4 is 61.7 Å². The summed E-state index contributed by atoms with van der Waals surface area (Å²) in [6.45, 7) is 1.79. The fourth-order valence-electron chi connectivity index (χ4n) is 3.40. The van der Waals surface area contributed by atoms with Crippen molar-refractivity contribution in [1.82, 2.24) is 4.90 Å². The summed E-state index contributed by atoms with van der Waals surface area (Å²) >= 11 is 4.22. The van der Waals surface area contributed by atoms with E-state index in [1.807, 2.05) is 60.7 Å². The molecular weight excluding hydrogens is 506 g/mol. The van der Waals surface area contributed by atoms with Crippen LogP contribution >= 0.6 is 27.7 Å². The molecule has 0 saturated carbocycles. The van der Waals surface area contributed by atoms with Crippen LogP contribution in [-0.2, 0) is 20.9 Å².